The van der Waals surface area contributed by atoms with Crippen molar-refractivity contribution in [1.29, 1.82) is 0 Å². The van der Waals surface area contributed by atoms with Crippen LogP contribution in [0, 0.1) is 6.92 Å². The number of nitrogens with one attached hydrogen (secondary N) is 1. The molecule has 1 aromatic heterocycles. The molecular formula is C14H18ClN3O2. The van der Waals surface area contributed by atoms with Gasteiger partial charge in [-0.2, -0.15) is 5.10 Å². The zero-order chi connectivity index (χ0) is 14.5. The number of aryl methyl sites for hydroxylation is 1. The number of benzene rings is 1. The molecule has 0 spiro atoms. The predicted molar refractivity (Wildman–Crippen MR) is 77.2 cm³/mol. The van der Waals surface area contributed by atoms with Crippen LogP contribution in [0.2, 0.25) is 5.02 Å². The van der Waals surface area contributed by atoms with Gasteiger partial charge in [-0.05, 0) is 37.6 Å². The Hall–Kier alpha value is -1.59. The average Bonchev–Trinajstić information content (AvgIpc) is 2.88. The van der Waals surface area contributed by atoms with Gasteiger partial charge < -0.3 is 9.47 Å². The molecule has 108 valence electrons. The molecule has 0 fully saturated rings. The maximum Gasteiger partial charge on any atom is 0.191 e. The number of ether oxygens (including phenoxy) is 2. The molecule has 1 unspecified atom stereocenters. The van der Waals surface area contributed by atoms with Crippen molar-refractivity contribution in [3.8, 4) is 5.75 Å². The Morgan fingerprint density at radius 2 is 2.20 bits per heavy atom. The molecule has 2 rings (SSSR count). The molecule has 0 aliphatic heterocycles. The van der Waals surface area contributed by atoms with Crippen molar-refractivity contribution in [3.05, 3.63) is 40.4 Å². The molecule has 0 saturated heterocycles. The summed E-state index contributed by atoms with van der Waals surface area (Å²) in [5.74, 6) is 2.21. The van der Waals surface area contributed by atoms with Gasteiger partial charge in [0.25, 0.3) is 0 Å². The van der Waals surface area contributed by atoms with Crippen molar-refractivity contribution in [1.82, 2.24) is 15.2 Å². The van der Waals surface area contributed by atoms with Crippen LogP contribution in [-0.2, 0) is 11.2 Å². The van der Waals surface area contributed by atoms with Crippen molar-refractivity contribution >= 4 is 11.6 Å². The van der Waals surface area contributed by atoms with E-state index < -0.39 is 0 Å². The summed E-state index contributed by atoms with van der Waals surface area (Å²) in [7, 11) is 1.66. The van der Waals surface area contributed by atoms with Gasteiger partial charge >= 0.3 is 0 Å². The van der Waals surface area contributed by atoms with Crippen LogP contribution in [0.1, 0.15) is 30.2 Å². The lowest BCUT2D eigenvalue weighted by atomic mass is 10.2. The van der Waals surface area contributed by atoms with Gasteiger partial charge in [0, 0.05) is 18.6 Å². The lowest BCUT2D eigenvalue weighted by molar-refractivity contribution is 0.200. The van der Waals surface area contributed by atoms with Crippen LogP contribution < -0.4 is 4.74 Å². The summed E-state index contributed by atoms with van der Waals surface area (Å²) in [6, 6.07) is 5.52. The summed E-state index contributed by atoms with van der Waals surface area (Å²) < 4.78 is 10.9. The van der Waals surface area contributed by atoms with E-state index in [4.69, 9.17) is 21.1 Å². The van der Waals surface area contributed by atoms with Gasteiger partial charge in [-0.3, -0.25) is 5.10 Å². The SMILES string of the molecule is COCCc1nc(C(C)Oc2ccc(Cl)cc2C)n[nH]1. The standard InChI is InChI=1S/C14H18ClN3O2/c1-9-8-11(15)4-5-12(9)20-10(2)14-16-13(17-18-14)6-7-19-3/h4-5,8,10H,6-7H2,1-3H3,(H,16,17,18). The lowest BCUT2D eigenvalue weighted by Gasteiger charge is -2.13. The quantitative estimate of drug-likeness (QED) is 0.889. The number of nitrogens with zero attached hydrogens (tertiary/aromatic N) is 2. The van der Waals surface area contributed by atoms with Crippen LogP contribution >= 0.6 is 11.6 Å². The summed E-state index contributed by atoms with van der Waals surface area (Å²) in [6.45, 7) is 4.48. The minimum absolute atomic E-state index is 0.234. The first-order valence-electron chi connectivity index (χ1n) is 6.43. The van der Waals surface area contributed by atoms with E-state index in [2.05, 4.69) is 15.2 Å². The predicted octanol–water partition coefficient (Wildman–Crippen LogP) is 3.10. The van der Waals surface area contributed by atoms with Gasteiger partial charge in [-0.1, -0.05) is 11.6 Å². The maximum atomic E-state index is 5.93. The normalized spacial score (nSPS) is 12.4. The first-order valence-corrected chi connectivity index (χ1v) is 6.81. The molecular weight excluding hydrogens is 278 g/mol. The summed E-state index contributed by atoms with van der Waals surface area (Å²) in [5, 5.41) is 7.75. The van der Waals surface area contributed by atoms with Crippen molar-refractivity contribution in [2.45, 2.75) is 26.4 Å². The monoisotopic (exact) mass is 295 g/mol. The third kappa shape index (κ3) is 3.71. The van der Waals surface area contributed by atoms with E-state index >= 15 is 0 Å². The first-order chi connectivity index (χ1) is 9.60. The van der Waals surface area contributed by atoms with Gasteiger partial charge in [-0.15, -0.1) is 0 Å². The Balaban J connectivity index is 2.03. The Kier molecular flexibility index (Phi) is 4.98. The van der Waals surface area contributed by atoms with Gasteiger partial charge in [0.05, 0.1) is 6.61 Å². The maximum absolute atomic E-state index is 5.93. The van der Waals surface area contributed by atoms with E-state index in [1.807, 2.05) is 26.0 Å². The van der Waals surface area contributed by atoms with Gasteiger partial charge in [0.2, 0.25) is 0 Å². The third-order valence-corrected chi connectivity index (χ3v) is 3.13. The van der Waals surface area contributed by atoms with E-state index in [0.29, 0.717) is 23.9 Å². The second kappa shape index (κ2) is 6.72. The highest BCUT2D eigenvalue weighted by Crippen LogP contribution is 2.26. The molecule has 6 heteroatoms. The third-order valence-electron chi connectivity index (χ3n) is 2.90. The number of H-pyrrole nitrogens is 1. The van der Waals surface area contributed by atoms with E-state index in [0.717, 1.165) is 17.1 Å². The summed E-state index contributed by atoms with van der Waals surface area (Å²) in [4.78, 5) is 4.39. The van der Waals surface area contributed by atoms with E-state index in [-0.39, 0.29) is 6.10 Å². The summed E-state index contributed by atoms with van der Waals surface area (Å²) >= 11 is 5.93. The molecule has 5 nitrogen and oxygen atoms in total. The van der Waals surface area contributed by atoms with Crippen LogP contribution in [-0.4, -0.2) is 28.9 Å². The van der Waals surface area contributed by atoms with E-state index in [1.165, 1.54) is 0 Å². The van der Waals surface area contributed by atoms with E-state index in [9.17, 15) is 0 Å². The molecule has 0 saturated carbocycles. The summed E-state index contributed by atoms with van der Waals surface area (Å²) in [6.07, 6.45) is 0.471. The Morgan fingerprint density at radius 1 is 1.40 bits per heavy atom. The molecule has 20 heavy (non-hydrogen) atoms. The molecule has 0 amide bonds. The number of aromatic nitrogens is 3. The molecule has 1 aromatic carbocycles. The van der Waals surface area contributed by atoms with Crippen molar-refractivity contribution < 1.29 is 9.47 Å². The fourth-order valence-electron chi connectivity index (χ4n) is 1.79. The highest BCUT2D eigenvalue weighted by molar-refractivity contribution is 6.30. The molecule has 0 aliphatic rings. The molecule has 1 N–H and O–H groups in total. The van der Waals surface area contributed by atoms with Crippen molar-refractivity contribution in [2.75, 3.05) is 13.7 Å². The summed E-state index contributed by atoms with van der Waals surface area (Å²) in [5.41, 5.74) is 0.986. The van der Waals surface area contributed by atoms with Crippen LogP contribution in [0.4, 0.5) is 0 Å². The molecule has 0 aliphatic carbocycles. The number of rotatable bonds is 6. The van der Waals surface area contributed by atoms with Gasteiger partial charge in [0.1, 0.15) is 11.6 Å². The van der Waals surface area contributed by atoms with Crippen LogP contribution in [0.15, 0.2) is 18.2 Å². The van der Waals surface area contributed by atoms with Crippen molar-refractivity contribution in [3.63, 3.8) is 0 Å². The second-order valence-electron chi connectivity index (χ2n) is 4.55. The fourth-order valence-corrected chi connectivity index (χ4v) is 2.02. The molecule has 2 aromatic rings. The number of aromatic amines is 1. The number of hydrogen-bond acceptors (Lipinski definition) is 4. The lowest BCUT2D eigenvalue weighted by Crippen LogP contribution is -2.06. The minimum atomic E-state index is -0.234. The molecule has 1 atom stereocenters. The number of halogens is 1. The molecule has 1 heterocycles. The van der Waals surface area contributed by atoms with Crippen molar-refractivity contribution in [2.24, 2.45) is 0 Å². The van der Waals surface area contributed by atoms with Crippen LogP contribution in [0.5, 0.6) is 5.75 Å². The van der Waals surface area contributed by atoms with Crippen LogP contribution in [0.3, 0.4) is 0 Å². The first kappa shape index (κ1) is 14.8. The number of hydrogen-bond donors (Lipinski definition) is 1. The highest BCUT2D eigenvalue weighted by Gasteiger charge is 2.14. The van der Waals surface area contributed by atoms with Crippen LogP contribution in [0.25, 0.3) is 0 Å². The second-order valence-corrected chi connectivity index (χ2v) is 4.99. The Bertz CT molecular complexity index is 571. The van der Waals surface area contributed by atoms with Gasteiger partial charge in [0.15, 0.2) is 11.9 Å². The fraction of sp³-hybridized carbons (Fsp3) is 0.429. The van der Waals surface area contributed by atoms with Gasteiger partial charge in [-0.25, -0.2) is 4.98 Å². The minimum Gasteiger partial charge on any atom is -0.482 e. The zero-order valence-electron chi connectivity index (χ0n) is 11.8. The zero-order valence-corrected chi connectivity index (χ0v) is 12.6. The molecule has 0 bridgehead atoms. The highest BCUT2D eigenvalue weighted by atomic mass is 35.5. The van der Waals surface area contributed by atoms with E-state index in [1.54, 1.807) is 13.2 Å². The smallest absolute Gasteiger partial charge is 0.191 e. The number of methoxy groups -OCH3 is 1. The average molecular weight is 296 g/mol. The molecule has 0 radical (unpaired) electrons. The topological polar surface area (TPSA) is 60.0 Å². The Morgan fingerprint density at radius 3 is 2.90 bits per heavy atom. The Labute approximate surface area is 123 Å². The largest absolute Gasteiger partial charge is 0.482 e.